The van der Waals surface area contributed by atoms with Crippen LogP contribution in [0, 0.1) is 6.92 Å². The summed E-state index contributed by atoms with van der Waals surface area (Å²) in [5.74, 6) is 2.49. The van der Waals surface area contributed by atoms with E-state index in [9.17, 15) is 5.11 Å². The Morgan fingerprint density at radius 2 is 1.94 bits per heavy atom. The van der Waals surface area contributed by atoms with Gasteiger partial charge in [0.15, 0.2) is 5.76 Å². The summed E-state index contributed by atoms with van der Waals surface area (Å²) < 4.78 is 22.8. The van der Waals surface area contributed by atoms with Gasteiger partial charge in [-0.05, 0) is 67.7 Å². The van der Waals surface area contributed by atoms with Crippen LogP contribution >= 0.6 is 0 Å². The van der Waals surface area contributed by atoms with Crippen molar-refractivity contribution < 1.29 is 23.1 Å². The number of likely N-dealkylation sites (tertiary alicyclic amines) is 1. The van der Waals surface area contributed by atoms with Crippen molar-refractivity contribution in [3.63, 3.8) is 0 Å². The van der Waals surface area contributed by atoms with E-state index in [2.05, 4.69) is 33.3 Å². The molecule has 1 aliphatic rings. The maximum absolute atomic E-state index is 10.7. The number of nitrogens with zero attached hydrogens (tertiary/aromatic N) is 3. The largest absolute Gasteiger partial charge is 0.490 e. The standard InChI is InChI=1S/C27H27N3O5/c1-17-28-29-27(34-17)26-14-22-24(3-2-4-25(22)35-26)33-16-21(31)15-30-10-7-18(8-11-30)19-5-6-23-20(13-19)9-12-32-23/h2-6,9,12-14,18,21,31H,7-8,10-11,15-16H2,1H3/t21-/m0/s1. The Labute approximate surface area is 202 Å². The van der Waals surface area contributed by atoms with Gasteiger partial charge in [0.2, 0.25) is 5.89 Å². The monoisotopic (exact) mass is 473 g/mol. The number of hydrogen-bond donors (Lipinski definition) is 1. The van der Waals surface area contributed by atoms with E-state index in [0.29, 0.717) is 41.3 Å². The number of aromatic nitrogens is 2. The minimum absolute atomic E-state index is 0.205. The van der Waals surface area contributed by atoms with E-state index in [-0.39, 0.29) is 6.61 Å². The van der Waals surface area contributed by atoms with Crippen LogP contribution in [0.3, 0.4) is 0 Å². The zero-order valence-electron chi connectivity index (χ0n) is 19.5. The van der Waals surface area contributed by atoms with Crippen LogP contribution in [0.4, 0.5) is 0 Å². The third-order valence-electron chi connectivity index (χ3n) is 6.69. The second-order valence-electron chi connectivity index (χ2n) is 9.16. The second-order valence-corrected chi connectivity index (χ2v) is 9.16. The number of aliphatic hydroxyl groups is 1. The summed E-state index contributed by atoms with van der Waals surface area (Å²) >= 11 is 0. The summed E-state index contributed by atoms with van der Waals surface area (Å²) in [6.07, 6.45) is 3.29. The highest BCUT2D eigenvalue weighted by Crippen LogP contribution is 2.33. The molecule has 1 saturated heterocycles. The Balaban J connectivity index is 1.04. The lowest BCUT2D eigenvalue weighted by Gasteiger charge is -2.33. The van der Waals surface area contributed by atoms with Crippen LogP contribution < -0.4 is 4.74 Å². The average Bonchev–Trinajstić information content (AvgIpc) is 3.62. The van der Waals surface area contributed by atoms with Crippen molar-refractivity contribution in [2.45, 2.75) is 31.8 Å². The summed E-state index contributed by atoms with van der Waals surface area (Å²) in [6, 6.07) is 15.9. The number of β-amino-alcohol motifs (C(OH)–C–C–N with tert-alkyl or cyclic N) is 1. The van der Waals surface area contributed by atoms with Crippen LogP contribution in [0.15, 0.2) is 68.0 Å². The van der Waals surface area contributed by atoms with Crippen molar-refractivity contribution in [1.29, 1.82) is 0 Å². The van der Waals surface area contributed by atoms with Crippen molar-refractivity contribution in [3.8, 4) is 17.4 Å². The SMILES string of the molecule is Cc1nnc(-c2cc3c(OC[C@@H](O)CN4CCC(c5ccc6occc6c5)CC4)cccc3o2)o1. The van der Waals surface area contributed by atoms with Crippen molar-refractivity contribution in [2.24, 2.45) is 0 Å². The third-order valence-corrected chi connectivity index (χ3v) is 6.69. The van der Waals surface area contributed by atoms with Gasteiger partial charge in [0, 0.05) is 24.9 Å². The summed E-state index contributed by atoms with van der Waals surface area (Å²) in [6.45, 7) is 4.43. The van der Waals surface area contributed by atoms with E-state index >= 15 is 0 Å². The molecular weight excluding hydrogens is 446 g/mol. The number of piperidine rings is 1. The Hall–Kier alpha value is -3.62. The van der Waals surface area contributed by atoms with Gasteiger partial charge in [-0.25, -0.2) is 0 Å². The number of ether oxygens (including phenoxy) is 1. The molecule has 0 saturated carbocycles. The zero-order valence-corrected chi connectivity index (χ0v) is 19.5. The molecule has 0 radical (unpaired) electrons. The molecule has 0 bridgehead atoms. The molecule has 5 aromatic rings. The molecule has 0 unspecified atom stereocenters. The van der Waals surface area contributed by atoms with Crippen molar-refractivity contribution in [2.75, 3.05) is 26.2 Å². The Bertz CT molecular complexity index is 1440. The smallest absolute Gasteiger partial charge is 0.283 e. The maximum Gasteiger partial charge on any atom is 0.283 e. The highest BCUT2D eigenvalue weighted by atomic mass is 16.5. The first kappa shape index (κ1) is 21.9. The van der Waals surface area contributed by atoms with Crippen LogP contribution in [-0.2, 0) is 0 Å². The van der Waals surface area contributed by atoms with Crippen LogP contribution in [0.25, 0.3) is 33.6 Å². The fraction of sp³-hybridized carbons (Fsp3) is 0.333. The van der Waals surface area contributed by atoms with E-state index in [1.54, 1.807) is 13.2 Å². The van der Waals surface area contributed by atoms with Gasteiger partial charge in [0.25, 0.3) is 5.89 Å². The van der Waals surface area contributed by atoms with Gasteiger partial charge in [-0.2, -0.15) is 0 Å². The topological polar surface area (TPSA) is 97.9 Å². The van der Waals surface area contributed by atoms with Gasteiger partial charge in [-0.15, -0.1) is 10.2 Å². The molecule has 0 spiro atoms. The fourth-order valence-corrected chi connectivity index (χ4v) is 4.89. The predicted molar refractivity (Wildman–Crippen MR) is 130 cm³/mol. The van der Waals surface area contributed by atoms with E-state index in [0.717, 1.165) is 42.3 Å². The summed E-state index contributed by atoms with van der Waals surface area (Å²) in [5.41, 5.74) is 2.96. The van der Waals surface area contributed by atoms with E-state index in [1.165, 1.54) is 5.56 Å². The minimum Gasteiger partial charge on any atom is -0.490 e. The van der Waals surface area contributed by atoms with Crippen LogP contribution in [-0.4, -0.2) is 52.5 Å². The fourth-order valence-electron chi connectivity index (χ4n) is 4.89. The van der Waals surface area contributed by atoms with Crippen LogP contribution in [0.1, 0.15) is 30.2 Å². The van der Waals surface area contributed by atoms with Gasteiger partial charge < -0.3 is 28.0 Å². The molecular formula is C27H27N3O5. The molecule has 180 valence electrons. The lowest BCUT2D eigenvalue weighted by atomic mass is 9.89. The van der Waals surface area contributed by atoms with Crippen LogP contribution in [0.2, 0.25) is 0 Å². The van der Waals surface area contributed by atoms with E-state index in [1.807, 2.05) is 30.3 Å². The quantitative estimate of drug-likeness (QED) is 0.346. The summed E-state index contributed by atoms with van der Waals surface area (Å²) in [5, 5.41) is 20.5. The molecule has 3 aromatic heterocycles. The number of benzene rings is 2. The number of fused-ring (bicyclic) bond motifs is 2. The molecule has 2 aromatic carbocycles. The van der Waals surface area contributed by atoms with Crippen molar-refractivity contribution >= 4 is 21.9 Å². The summed E-state index contributed by atoms with van der Waals surface area (Å²) in [4.78, 5) is 2.31. The van der Waals surface area contributed by atoms with E-state index in [4.69, 9.17) is 18.0 Å². The lowest BCUT2D eigenvalue weighted by Crippen LogP contribution is -2.40. The molecule has 1 N–H and O–H groups in total. The normalized spacial score (nSPS) is 16.3. The van der Waals surface area contributed by atoms with Crippen molar-refractivity contribution in [1.82, 2.24) is 15.1 Å². The molecule has 1 aliphatic heterocycles. The van der Waals surface area contributed by atoms with Crippen molar-refractivity contribution in [3.05, 3.63) is 66.2 Å². The first-order chi connectivity index (χ1) is 17.1. The molecule has 0 amide bonds. The molecule has 1 fully saturated rings. The van der Waals surface area contributed by atoms with Gasteiger partial charge in [-0.3, -0.25) is 0 Å². The number of aryl methyl sites for hydroxylation is 1. The molecule has 8 nitrogen and oxygen atoms in total. The summed E-state index contributed by atoms with van der Waals surface area (Å²) in [7, 11) is 0. The zero-order chi connectivity index (χ0) is 23.8. The maximum atomic E-state index is 10.7. The molecule has 6 rings (SSSR count). The molecule has 0 aliphatic carbocycles. The Kier molecular flexibility index (Phi) is 5.75. The van der Waals surface area contributed by atoms with E-state index < -0.39 is 6.10 Å². The Morgan fingerprint density at radius 3 is 2.77 bits per heavy atom. The Morgan fingerprint density at radius 1 is 1.06 bits per heavy atom. The number of aliphatic hydroxyl groups excluding tert-OH is 1. The molecule has 8 heteroatoms. The highest BCUT2D eigenvalue weighted by Gasteiger charge is 2.23. The molecule has 1 atom stereocenters. The van der Waals surface area contributed by atoms with Gasteiger partial charge >= 0.3 is 0 Å². The minimum atomic E-state index is -0.589. The molecule has 35 heavy (non-hydrogen) atoms. The van der Waals surface area contributed by atoms with Gasteiger partial charge in [0.05, 0.1) is 11.6 Å². The number of rotatable bonds is 7. The second kappa shape index (κ2) is 9.20. The highest BCUT2D eigenvalue weighted by molar-refractivity contribution is 5.87. The lowest BCUT2D eigenvalue weighted by molar-refractivity contribution is 0.0599. The first-order valence-corrected chi connectivity index (χ1v) is 12.0. The van der Waals surface area contributed by atoms with Gasteiger partial charge in [-0.1, -0.05) is 12.1 Å². The first-order valence-electron chi connectivity index (χ1n) is 12.0. The average molecular weight is 474 g/mol. The predicted octanol–water partition coefficient (Wildman–Crippen LogP) is 5.16. The van der Waals surface area contributed by atoms with Gasteiger partial charge in [0.1, 0.15) is 29.6 Å². The number of hydrogen-bond acceptors (Lipinski definition) is 8. The number of furan rings is 2. The molecule has 4 heterocycles. The third kappa shape index (κ3) is 4.54. The van der Waals surface area contributed by atoms with Crippen LogP contribution in [0.5, 0.6) is 5.75 Å².